The summed E-state index contributed by atoms with van der Waals surface area (Å²) in [6.07, 6.45) is 1.81. The van der Waals surface area contributed by atoms with Gasteiger partial charge in [0.1, 0.15) is 0 Å². The first-order chi connectivity index (χ1) is 10.0. The van der Waals surface area contributed by atoms with E-state index in [1.54, 1.807) is 0 Å². The molecular weight excluding hydrogens is 332 g/mol. The van der Waals surface area contributed by atoms with Crippen LogP contribution in [0, 0.1) is 17.8 Å². The molecule has 6 heteroatoms. The summed E-state index contributed by atoms with van der Waals surface area (Å²) in [5.41, 5.74) is 0. The Morgan fingerprint density at radius 3 is 1.59 bits per heavy atom. The molecule has 0 aromatic rings. The normalized spacial score (nSPS) is 13.6. The maximum absolute atomic E-state index is 10.3. The van der Waals surface area contributed by atoms with Crippen molar-refractivity contribution in [2.75, 3.05) is 6.61 Å². The summed E-state index contributed by atoms with van der Waals surface area (Å²) in [4.78, 5) is 0. The standard InChI is InChI=1S/C12H27OSi.C4H9O.2H2O.Ti/c1-10(2)7-14(13,8-11(3)4)9-12(5)6;1-2-3-4-5;;;/h10-12H,7-9H2,1-6H3;2-4H2,1H3;2*1H2;/q2*-1;;;+4/p-2. The molecule has 0 aliphatic heterocycles. The fraction of sp³-hybridized carbons (Fsp3) is 1.00. The van der Waals surface area contributed by atoms with Gasteiger partial charge in [0.05, 0.1) is 0 Å². The number of hydrogen-bond acceptors (Lipinski definition) is 4. The molecule has 2 N–H and O–H groups in total. The van der Waals surface area contributed by atoms with Gasteiger partial charge >= 0.3 is 144 Å². The molecule has 0 aliphatic carbocycles. The summed E-state index contributed by atoms with van der Waals surface area (Å²) < 4.78 is 32.2. The average Bonchev–Trinajstić information content (AvgIpc) is 2.23. The molecule has 134 valence electrons. The Bertz CT molecular complexity index is 269. The van der Waals surface area contributed by atoms with Gasteiger partial charge in [-0.3, -0.25) is 0 Å². The minimum absolute atomic E-state index is 0.388. The molecule has 0 fully saturated rings. The molecule has 0 radical (unpaired) electrons. The molecule has 0 saturated carbocycles. The van der Waals surface area contributed by atoms with Crippen LogP contribution in [0.3, 0.4) is 0 Å². The Morgan fingerprint density at radius 2 is 1.27 bits per heavy atom. The average molecular weight is 370 g/mol. The molecule has 0 spiro atoms. The topological polar surface area (TPSA) is 58.9 Å². The summed E-state index contributed by atoms with van der Waals surface area (Å²) in [6.45, 7) is 15.6. The zero-order valence-corrected chi connectivity index (χ0v) is 18.2. The molecule has 0 aliphatic rings. The Hall–Kier alpha value is 0.771. The second kappa shape index (κ2) is 10.6. The van der Waals surface area contributed by atoms with E-state index in [2.05, 4.69) is 48.5 Å². The predicted molar refractivity (Wildman–Crippen MR) is 91.1 cm³/mol. The van der Waals surface area contributed by atoms with Crippen LogP contribution in [-0.4, -0.2) is 22.3 Å². The van der Waals surface area contributed by atoms with Gasteiger partial charge in [0, 0.05) is 0 Å². The third-order valence-electron chi connectivity index (χ3n) is 3.48. The molecule has 0 saturated heterocycles. The van der Waals surface area contributed by atoms with Gasteiger partial charge in [-0.1, -0.05) is 0 Å². The molecule has 0 aromatic carbocycles. The van der Waals surface area contributed by atoms with Crippen molar-refractivity contribution >= 4 is 8.32 Å². The number of hydrogen-bond donors (Lipinski definition) is 2. The maximum atomic E-state index is 10.3. The summed E-state index contributed by atoms with van der Waals surface area (Å²) in [7, 11) is -2.22. The number of unbranched alkanes of at least 4 members (excludes halogenated alkanes) is 1. The van der Waals surface area contributed by atoms with Crippen molar-refractivity contribution in [2.45, 2.75) is 79.4 Å². The molecule has 0 rings (SSSR count). The van der Waals surface area contributed by atoms with Crippen LogP contribution in [-0.2, 0) is 24.5 Å². The van der Waals surface area contributed by atoms with Crippen LogP contribution < -0.4 is 0 Å². The SMILES string of the molecule is CCCC[O][Ti]([OH])([OH])[O][Si](CC(C)C)(CC(C)C)CC(C)C. The van der Waals surface area contributed by atoms with Crippen molar-refractivity contribution in [3.05, 3.63) is 0 Å². The first-order valence-corrected chi connectivity index (χ1v) is 14.0. The van der Waals surface area contributed by atoms with Crippen molar-refractivity contribution in [2.24, 2.45) is 17.8 Å². The van der Waals surface area contributed by atoms with E-state index in [0.29, 0.717) is 24.4 Å². The van der Waals surface area contributed by atoms with E-state index in [1.807, 2.05) is 0 Å². The fourth-order valence-electron chi connectivity index (χ4n) is 3.27. The second-order valence-corrected chi connectivity index (χ2v) is 14.7. The third-order valence-corrected chi connectivity index (χ3v) is 13.0. The molecule has 0 unspecified atom stereocenters. The van der Waals surface area contributed by atoms with Gasteiger partial charge in [-0.15, -0.1) is 0 Å². The van der Waals surface area contributed by atoms with Gasteiger partial charge in [-0.2, -0.15) is 0 Å². The van der Waals surface area contributed by atoms with E-state index < -0.39 is 26.5 Å². The minimum atomic E-state index is -4.56. The van der Waals surface area contributed by atoms with Gasteiger partial charge in [-0.05, 0) is 0 Å². The fourth-order valence-corrected chi connectivity index (χ4v) is 13.8. The molecule has 22 heavy (non-hydrogen) atoms. The van der Waals surface area contributed by atoms with Gasteiger partial charge in [-0.25, -0.2) is 0 Å². The molecule has 0 heterocycles. The predicted octanol–water partition coefficient (Wildman–Crippen LogP) is 4.53. The van der Waals surface area contributed by atoms with Crippen LogP contribution in [0.4, 0.5) is 0 Å². The van der Waals surface area contributed by atoms with Gasteiger partial charge < -0.3 is 0 Å². The second-order valence-electron chi connectivity index (χ2n) is 7.83. The van der Waals surface area contributed by atoms with Crippen LogP contribution in [0.2, 0.25) is 18.1 Å². The van der Waals surface area contributed by atoms with Gasteiger partial charge in [0.25, 0.3) is 0 Å². The zero-order valence-electron chi connectivity index (χ0n) is 15.7. The quantitative estimate of drug-likeness (QED) is 0.391. The molecule has 4 nitrogen and oxygen atoms in total. The molecule has 0 bridgehead atoms. The zero-order chi connectivity index (χ0) is 17.4. The Morgan fingerprint density at radius 1 is 0.864 bits per heavy atom. The Kier molecular flexibility index (Phi) is 11.0. The van der Waals surface area contributed by atoms with E-state index in [9.17, 15) is 7.38 Å². The van der Waals surface area contributed by atoms with Crippen molar-refractivity contribution < 1.29 is 31.8 Å². The van der Waals surface area contributed by atoms with E-state index in [-0.39, 0.29) is 0 Å². The van der Waals surface area contributed by atoms with Crippen LogP contribution in [0.5, 0.6) is 0 Å². The molecular formula is C16H38O4SiTi. The summed E-state index contributed by atoms with van der Waals surface area (Å²) in [5.74, 6) is 1.49. The summed E-state index contributed by atoms with van der Waals surface area (Å²) in [6, 6.07) is 2.90. The molecule has 0 amide bonds. The van der Waals surface area contributed by atoms with E-state index in [4.69, 9.17) is 6.33 Å². The first-order valence-electron chi connectivity index (χ1n) is 8.80. The first kappa shape index (κ1) is 22.8. The van der Waals surface area contributed by atoms with Crippen LogP contribution >= 0.6 is 0 Å². The van der Waals surface area contributed by atoms with Crippen LogP contribution in [0.1, 0.15) is 61.3 Å². The van der Waals surface area contributed by atoms with Crippen molar-refractivity contribution in [3.8, 4) is 0 Å². The molecule has 0 aromatic heterocycles. The van der Waals surface area contributed by atoms with Gasteiger partial charge in [0.2, 0.25) is 0 Å². The van der Waals surface area contributed by atoms with Gasteiger partial charge in [0.15, 0.2) is 0 Å². The van der Waals surface area contributed by atoms with E-state index in [1.165, 1.54) is 0 Å². The summed E-state index contributed by atoms with van der Waals surface area (Å²) in [5, 5.41) is 0. The molecule has 0 atom stereocenters. The van der Waals surface area contributed by atoms with E-state index in [0.717, 1.165) is 31.0 Å². The van der Waals surface area contributed by atoms with Crippen molar-refractivity contribution in [1.29, 1.82) is 0 Å². The monoisotopic (exact) mass is 370 g/mol. The van der Waals surface area contributed by atoms with Crippen molar-refractivity contribution in [3.63, 3.8) is 0 Å². The summed E-state index contributed by atoms with van der Waals surface area (Å²) >= 11 is -4.56. The van der Waals surface area contributed by atoms with Crippen molar-refractivity contribution in [1.82, 2.24) is 0 Å². The third kappa shape index (κ3) is 10.5. The number of rotatable bonds is 12. The van der Waals surface area contributed by atoms with Crippen LogP contribution in [0.25, 0.3) is 0 Å². The van der Waals surface area contributed by atoms with E-state index >= 15 is 0 Å². The Balaban J connectivity index is 5.14. The van der Waals surface area contributed by atoms with Crippen LogP contribution in [0.15, 0.2) is 0 Å². The Labute approximate surface area is 144 Å².